The molecule has 0 atom stereocenters. The van der Waals surface area contributed by atoms with Crippen LogP contribution < -0.4 is 5.32 Å². The molecule has 0 saturated carbocycles. The predicted octanol–water partition coefficient (Wildman–Crippen LogP) is 1.89. The number of hydrogen-bond donors (Lipinski definition) is 0. The van der Waals surface area contributed by atoms with Crippen LogP contribution in [0.15, 0.2) is 47.9 Å². The first-order valence-corrected chi connectivity index (χ1v) is 3.40. The second-order valence-electron chi connectivity index (χ2n) is 2.35. The Morgan fingerprint density at radius 2 is 2.20 bits per heavy atom. The first-order valence-electron chi connectivity index (χ1n) is 3.40. The molecular formula is C9H8N. The van der Waals surface area contributed by atoms with E-state index in [4.69, 9.17) is 0 Å². The van der Waals surface area contributed by atoms with Crippen molar-refractivity contribution in [1.82, 2.24) is 5.32 Å². The quantitative estimate of drug-likeness (QED) is 0.475. The summed E-state index contributed by atoms with van der Waals surface area (Å²) in [6, 6.07) is 0. The van der Waals surface area contributed by atoms with Gasteiger partial charge in [-0.15, -0.1) is 0 Å². The summed E-state index contributed by atoms with van der Waals surface area (Å²) in [6.45, 7) is 0. The van der Waals surface area contributed by atoms with Crippen LogP contribution in [0.2, 0.25) is 0 Å². The molecule has 2 aliphatic rings. The van der Waals surface area contributed by atoms with Gasteiger partial charge in [0, 0.05) is 6.20 Å². The van der Waals surface area contributed by atoms with Crippen LogP contribution in [0.25, 0.3) is 0 Å². The van der Waals surface area contributed by atoms with Gasteiger partial charge in [0.2, 0.25) is 0 Å². The summed E-state index contributed by atoms with van der Waals surface area (Å²) in [4.78, 5) is 0. The lowest BCUT2D eigenvalue weighted by Gasteiger charge is -2.13. The molecule has 1 radical (unpaired) electrons. The number of fused-ring (bicyclic) bond motifs is 1. The van der Waals surface area contributed by atoms with Gasteiger partial charge >= 0.3 is 0 Å². The number of rotatable bonds is 0. The van der Waals surface area contributed by atoms with Crippen LogP contribution in [0.3, 0.4) is 0 Å². The molecule has 0 saturated heterocycles. The molecule has 1 heterocycles. The zero-order chi connectivity index (χ0) is 6.81. The maximum Gasteiger partial charge on any atom is 0.0664 e. The first kappa shape index (κ1) is 5.54. The van der Waals surface area contributed by atoms with Gasteiger partial charge in [0.15, 0.2) is 0 Å². The lowest BCUT2D eigenvalue weighted by atomic mass is 10.0. The molecule has 0 unspecified atom stereocenters. The number of nitrogens with zero attached hydrogens (tertiary/aromatic N) is 1. The molecule has 2 rings (SSSR count). The van der Waals surface area contributed by atoms with Gasteiger partial charge in [-0.1, -0.05) is 18.2 Å². The van der Waals surface area contributed by atoms with Crippen molar-refractivity contribution in [2.45, 2.75) is 6.42 Å². The SMILES string of the molecule is C1=CCC2=CC=C[N]C2=C1. The molecule has 0 N–H and O–H groups in total. The van der Waals surface area contributed by atoms with E-state index >= 15 is 0 Å². The first-order chi connectivity index (χ1) is 4.97. The summed E-state index contributed by atoms with van der Waals surface area (Å²) in [5, 5.41) is 4.21. The lowest BCUT2D eigenvalue weighted by molar-refractivity contribution is 0.987. The van der Waals surface area contributed by atoms with Crippen molar-refractivity contribution < 1.29 is 0 Å². The van der Waals surface area contributed by atoms with E-state index < -0.39 is 0 Å². The smallest absolute Gasteiger partial charge is 0.0664 e. The second-order valence-corrected chi connectivity index (χ2v) is 2.35. The van der Waals surface area contributed by atoms with E-state index in [1.165, 1.54) is 5.57 Å². The van der Waals surface area contributed by atoms with Crippen molar-refractivity contribution in [2.75, 3.05) is 0 Å². The van der Waals surface area contributed by atoms with Gasteiger partial charge in [-0.2, -0.15) is 0 Å². The average Bonchev–Trinajstić information content (AvgIpc) is 2.05. The molecule has 1 heteroatoms. The third-order valence-corrected chi connectivity index (χ3v) is 1.65. The van der Waals surface area contributed by atoms with Crippen molar-refractivity contribution in [1.29, 1.82) is 0 Å². The van der Waals surface area contributed by atoms with Gasteiger partial charge in [0.05, 0.1) is 5.70 Å². The van der Waals surface area contributed by atoms with Crippen LogP contribution >= 0.6 is 0 Å². The van der Waals surface area contributed by atoms with Gasteiger partial charge in [-0.3, -0.25) is 5.32 Å². The fraction of sp³-hybridized carbons (Fsp3) is 0.111. The molecule has 0 aromatic heterocycles. The molecule has 49 valence electrons. The highest BCUT2D eigenvalue weighted by Crippen LogP contribution is 2.20. The van der Waals surface area contributed by atoms with Crippen LogP contribution in [0.4, 0.5) is 0 Å². The average molecular weight is 130 g/mol. The second kappa shape index (κ2) is 2.18. The summed E-state index contributed by atoms with van der Waals surface area (Å²) in [6.07, 6.45) is 13.2. The molecule has 1 aliphatic carbocycles. The minimum Gasteiger partial charge on any atom is -0.257 e. The third kappa shape index (κ3) is 0.798. The predicted molar refractivity (Wildman–Crippen MR) is 41.2 cm³/mol. The molecular weight excluding hydrogens is 122 g/mol. The van der Waals surface area contributed by atoms with E-state index in [1.807, 2.05) is 18.4 Å². The van der Waals surface area contributed by atoms with Gasteiger partial charge in [-0.25, -0.2) is 0 Å². The van der Waals surface area contributed by atoms with Gasteiger partial charge < -0.3 is 0 Å². The Kier molecular flexibility index (Phi) is 1.21. The zero-order valence-electron chi connectivity index (χ0n) is 5.62. The normalized spacial score (nSPS) is 20.8. The summed E-state index contributed by atoms with van der Waals surface area (Å²) in [5.74, 6) is 0. The lowest BCUT2D eigenvalue weighted by Crippen LogP contribution is -2.04. The standard InChI is InChI=1S/C9H8N/c1-2-6-9-8(4-1)5-3-7-10-9/h1-3,5-7H,4H2. The Bertz CT molecular complexity index is 226. The zero-order valence-corrected chi connectivity index (χ0v) is 5.62. The fourth-order valence-corrected chi connectivity index (χ4v) is 1.13. The number of allylic oxidation sites excluding steroid dienone is 6. The summed E-state index contributed by atoms with van der Waals surface area (Å²) < 4.78 is 0. The molecule has 0 aromatic carbocycles. The molecule has 0 amide bonds. The topological polar surface area (TPSA) is 14.1 Å². The molecule has 0 bridgehead atoms. The van der Waals surface area contributed by atoms with Crippen molar-refractivity contribution in [3.05, 3.63) is 47.9 Å². The van der Waals surface area contributed by atoms with Gasteiger partial charge in [-0.05, 0) is 24.1 Å². The number of hydrogen-bond acceptors (Lipinski definition) is 0. The highest BCUT2D eigenvalue weighted by Gasteiger charge is 2.07. The van der Waals surface area contributed by atoms with E-state index in [1.54, 1.807) is 0 Å². The van der Waals surface area contributed by atoms with Crippen LogP contribution in [-0.2, 0) is 0 Å². The minimum absolute atomic E-state index is 1.03. The Hall–Kier alpha value is -1.24. The van der Waals surface area contributed by atoms with Crippen LogP contribution in [0.5, 0.6) is 0 Å². The van der Waals surface area contributed by atoms with E-state index in [2.05, 4.69) is 23.5 Å². The van der Waals surface area contributed by atoms with Crippen LogP contribution in [-0.4, -0.2) is 0 Å². The van der Waals surface area contributed by atoms with Gasteiger partial charge in [0.25, 0.3) is 0 Å². The molecule has 0 spiro atoms. The Labute approximate surface area is 60.4 Å². The van der Waals surface area contributed by atoms with Gasteiger partial charge in [0.1, 0.15) is 0 Å². The molecule has 10 heavy (non-hydrogen) atoms. The van der Waals surface area contributed by atoms with Crippen molar-refractivity contribution >= 4 is 0 Å². The van der Waals surface area contributed by atoms with Crippen LogP contribution in [0, 0.1) is 0 Å². The molecule has 0 aromatic rings. The van der Waals surface area contributed by atoms with Crippen molar-refractivity contribution in [2.24, 2.45) is 0 Å². The van der Waals surface area contributed by atoms with E-state index in [0.717, 1.165) is 12.1 Å². The summed E-state index contributed by atoms with van der Waals surface area (Å²) in [7, 11) is 0. The monoisotopic (exact) mass is 130 g/mol. The Morgan fingerprint density at radius 1 is 1.20 bits per heavy atom. The third-order valence-electron chi connectivity index (χ3n) is 1.65. The molecule has 1 aliphatic heterocycles. The molecule has 0 fully saturated rings. The molecule has 1 nitrogen and oxygen atoms in total. The highest BCUT2D eigenvalue weighted by atomic mass is 14.9. The fourth-order valence-electron chi connectivity index (χ4n) is 1.13. The van der Waals surface area contributed by atoms with Crippen LogP contribution in [0.1, 0.15) is 6.42 Å². The van der Waals surface area contributed by atoms with Crippen molar-refractivity contribution in [3.63, 3.8) is 0 Å². The Morgan fingerprint density at radius 3 is 3.10 bits per heavy atom. The maximum absolute atomic E-state index is 4.21. The maximum atomic E-state index is 4.21. The minimum atomic E-state index is 1.03. The van der Waals surface area contributed by atoms with Crippen molar-refractivity contribution in [3.8, 4) is 0 Å². The largest absolute Gasteiger partial charge is 0.257 e. The Balaban J connectivity index is 2.38. The highest BCUT2D eigenvalue weighted by molar-refractivity contribution is 5.42. The van der Waals surface area contributed by atoms with E-state index in [-0.39, 0.29) is 0 Å². The summed E-state index contributed by atoms with van der Waals surface area (Å²) in [5.41, 5.74) is 2.44. The van der Waals surface area contributed by atoms with E-state index in [0.29, 0.717) is 0 Å². The van der Waals surface area contributed by atoms with E-state index in [9.17, 15) is 0 Å². The summed E-state index contributed by atoms with van der Waals surface area (Å²) >= 11 is 0.